The summed E-state index contributed by atoms with van der Waals surface area (Å²) in [6.07, 6.45) is 0. The van der Waals surface area contributed by atoms with Crippen LogP contribution in [0.25, 0.3) is 117 Å². The van der Waals surface area contributed by atoms with Gasteiger partial charge in [0.25, 0.3) is 0 Å². The Labute approximate surface area is 389 Å². The van der Waals surface area contributed by atoms with Crippen molar-refractivity contribution in [3.05, 3.63) is 255 Å². The SMILES string of the molecule is c1ccc(-c2ccc(-c3ccc4c(c3)c3ccc(-c5nc(-c6ccccc6)nc(-c6ccc(-c7ccccc7)cc6)n5)cc3n4-c3cccc(-c4cccc(-c5ccccc5)c4)c3)cc2)cc1. The van der Waals surface area contributed by atoms with Crippen molar-refractivity contribution in [3.8, 4) is 95.5 Å². The zero-order valence-electron chi connectivity index (χ0n) is 36.5. The van der Waals surface area contributed by atoms with Crippen LogP contribution in [-0.2, 0) is 0 Å². The largest absolute Gasteiger partial charge is 0.309 e. The van der Waals surface area contributed by atoms with Crippen molar-refractivity contribution in [3.63, 3.8) is 0 Å². The molecule has 0 N–H and O–H groups in total. The fourth-order valence-corrected chi connectivity index (χ4v) is 9.23. The lowest BCUT2D eigenvalue weighted by Gasteiger charge is -2.12. The third-order valence-electron chi connectivity index (χ3n) is 12.7. The molecule has 12 rings (SSSR count). The van der Waals surface area contributed by atoms with E-state index in [1.807, 2.05) is 24.3 Å². The summed E-state index contributed by atoms with van der Waals surface area (Å²) in [6.45, 7) is 0. The second kappa shape index (κ2) is 17.2. The normalized spacial score (nSPS) is 11.3. The van der Waals surface area contributed by atoms with Gasteiger partial charge >= 0.3 is 0 Å². The van der Waals surface area contributed by atoms with Crippen LogP contribution in [0, 0.1) is 0 Å². The third-order valence-corrected chi connectivity index (χ3v) is 12.7. The first-order valence-corrected chi connectivity index (χ1v) is 22.7. The van der Waals surface area contributed by atoms with Crippen molar-refractivity contribution in [1.82, 2.24) is 19.5 Å². The topological polar surface area (TPSA) is 43.6 Å². The minimum absolute atomic E-state index is 0.611. The summed E-state index contributed by atoms with van der Waals surface area (Å²) in [5.74, 6) is 1.86. The van der Waals surface area contributed by atoms with Crippen LogP contribution >= 0.6 is 0 Å². The lowest BCUT2D eigenvalue weighted by Crippen LogP contribution is -2.00. The first-order valence-electron chi connectivity index (χ1n) is 22.7. The lowest BCUT2D eigenvalue weighted by molar-refractivity contribution is 1.07. The van der Waals surface area contributed by atoms with E-state index in [2.05, 4.69) is 235 Å². The molecular formula is C63H42N4. The molecule has 12 aromatic rings. The van der Waals surface area contributed by atoms with Crippen LogP contribution in [-0.4, -0.2) is 19.5 Å². The van der Waals surface area contributed by atoms with Gasteiger partial charge in [0, 0.05) is 33.2 Å². The average molecular weight is 855 g/mol. The molecule has 2 heterocycles. The van der Waals surface area contributed by atoms with Crippen LogP contribution in [0.3, 0.4) is 0 Å². The van der Waals surface area contributed by atoms with Crippen LogP contribution in [0.4, 0.5) is 0 Å². The molecule has 0 saturated carbocycles. The minimum atomic E-state index is 0.611. The average Bonchev–Trinajstić information content (AvgIpc) is 3.75. The van der Waals surface area contributed by atoms with Gasteiger partial charge in [0.05, 0.1) is 11.0 Å². The van der Waals surface area contributed by atoms with Crippen LogP contribution in [0.2, 0.25) is 0 Å². The molecule has 4 heteroatoms. The zero-order valence-corrected chi connectivity index (χ0v) is 36.5. The molecule has 0 aliphatic heterocycles. The number of rotatable bonds is 9. The van der Waals surface area contributed by atoms with E-state index in [9.17, 15) is 0 Å². The van der Waals surface area contributed by atoms with E-state index in [0.29, 0.717) is 17.5 Å². The fourth-order valence-electron chi connectivity index (χ4n) is 9.23. The molecule has 0 bridgehead atoms. The molecule has 314 valence electrons. The third kappa shape index (κ3) is 7.77. The summed E-state index contributed by atoms with van der Waals surface area (Å²) in [5, 5.41) is 2.31. The van der Waals surface area contributed by atoms with Crippen LogP contribution in [0.5, 0.6) is 0 Å². The Hall–Kier alpha value is -8.99. The van der Waals surface area contributed by atoms with Crippen molar-refractivity contribution in [1.29, 1.82) is 0 Å². The monoisotopic (exact) mass is 854 g/mol. The van der Waals surface area contributed by atoms with E-state index in [-0.39, 0.29) is 0 Å². The summed E-state index contributed by atoms with van der Waals surface area (Å²) in [5.41, 5.74) is 17.7. The van der Waals surface area contributed by atoms with Gasteiger partial charge in [0.2, 0.25) is 0 Å². The Morgan fingerprint density at radius 1 is 0.209 bits per heavy atom. The van der Waals surface area contributed by atoms with Gasteiger partial charge in [-0.05, 0) is 92.0 Å². The molecule has 0 radical (unpaired) electrons. The summed E-state index contributed by atoms with van der Waals surface area (Å²) in [6, 6.07) is 90.3. The number of nitrogens with zero attached hydrogens (tertiary/aromatic N) is 4. The van der Waals surface area contributed by atoms with Gasteiger partial charge in [-0.15, -0.1) is 0 Å². The molecule has 0 saturated heterocycles. The molecule has 0 unspecified atom stereocenters. The Morgan fingerprint density at radius 3 is 1.13 bits per heavy atom. The van der Waals surface area contributed by atoms with Crippen molar-refractivity contribution in [2.24, 2.45) is 0 Å². The van der Waals surface area contributed by atoms with E-state index in [4.69, 9.17) is 15.0 Å². The number of hydrogen-bond donors (Lipinski definition) is 0. The van der Waals surface area contributed by atoms with Crippen molar-refractivity contribution >= 4 is 21.8 Å². The molecule has 0 atom stereocenters. The van der Waals surface area contributed by atoms with E-state index >= 15 is 0 Å². The number of fused-ring (bicyclic) bond motifs is 3. The molecule has 0 aliphatic rings. The molecule has 0 fully saturated rings. The number of benzene rings is 10. The molecule has 0 amide bonds. The van der Waals surface area contributed by atoms with Gasteiger partial charge in [-0.1, -0.05) is 218 Å². The lowest BCUT2D eigenvalue weighted by atomic mass is 9.98. The standard InChI is InChI=1S/C63H42N4/c1-5-15-43(16-6-1)46-27-29-48(30-28-46)54-36-38-59-58(41-54)57-37-35-55(42-60(57)67(59)56-26-14-25-53(40-56)52-24-13-23-51(39-52)45-19-9-3-10-20-45)63-65-61(49-21-11-4-12-22-49)64-62(66-63)50-33-31-47(32-34-50)44-17-7-2-8-18-44/h1-42H. The summed E-state index contributed by atoms with van der Waals surface area (Å²) in [4.78, 5) is 15.4. The predicted molar refractivity (Wildman–Crippen MR) is 278 cm³/mol. The van der Waals surface area contributed by atoms with E-state index < -0.39 is 0 Å². The summed E-state index contributed by atoms with van der Waals surface area (Å²) < 4.78 is 2.39. The van der Waals surface area contributed by atoms with Gasteiger partial charge in [0.1, 0.15) is 0 Å². The molecular weight excluding hydrogens is 813 g/mol. The number of hydrogen-bond acceptors (Lipinski definition) is 3. The Morgan fingerprint density at radius 2 is 0.567 bits per heavy atom. The zero-order chi connectivity index (χ0) is 44.5. The fraction of sp³-hybridized carbons (Fsp3) is 0. The molecule has 0 spiro atoms. The second-order valence-corrected chi connectivity index (χ2v) is 16.9. The minimum Gasteiger partial charge on any atom is -0.309 e. The predicted octanol–water partition coefficient (Wildman–Crippen LogP) is 16.3. The highest BCUT2D eigenvalue weighted by Crippen LogP contribution is 2.39. The first-order chi connectivity index (χ1) is 33.2. The van der Waals surface area contributed by atoms with Gasteiger partial charge in [0.15, 0.2) is 17.5 Å². The van der Waals surface area contributed by atoms with Crippen LogP contribution in [0.1, 0.15) is 0 Å². The molecule has 67 heavy (non-hydrogen) atoms. The number of aromatic nitrogens is 4. The van der Waals surface area contributed by atoms with Crippen molar-refractivity contribution < 1.29 is 0 Å². The second-order valence-electron chi connectivity index (χ2n) is 16.9. The Balaban J connectivity index is 1.01. The maximum Gasteiger partial charge on any atom is 0.164 e. The highest BCUT2D eigenvalue weighted by atomic mass is 15.0. The molecule has 4 nitrogen and oxygen atoms in total. The van der Waals surface area contributed by atoms with Gasteiger partial charge in [-0.25, -0.2) is 15.0 Å². The summed E-state index contributed by atoms with van der Waals surface area (Å²) >= 11 is 0. The maximum atomic E-state index is 5.20. The van der Waals surface area contributed by atoms with E-state index in [0.717, 1.165) is 61.1 Å². The van der Waals surface area contributed by atoms with Gasteiger partial charge in [-0.2, -0.15) is 0 Å². The highest BCUT2D eigenvalue weighted by Gasteiger charge is 2.18. The smallest absolute Gasteiger partial charge is 0.164 e. The first kappa shape index (κ1) is 39.6. The van der Waals surface area contributed by atoms with Crippen LogP contribution in [0.15, 0.2) is 255 Å². The Bertz CT molecular complexity index is 3690. The molecule has 10 aromatic carbocycles. The quantitative estimate of drug-likeness (QED) is 0.145. The molecule has 2 aromatic heterocycles. The summed E-state index contributed by atoms with van der Waals surface area (Å²) in [7, 11) is 0. The Kier molecular flexibility index (Phi) is 10.2. The maximum absolute atomic E-state index is 5.20. The van der Waals surface area contributed by atoms with Gasteiger partial charge < -0.3 is 4.57 Å². The van der Waals surface area contributed by atoms with E-state index in [1.54, 1.807) is 0 Å². The molecule has 0 aliphatic carbocycles. The van der Waals surface area contributed by atoms with Crippen molar-refractivity contribution in [2.45, 2.75) is 0 Å². The van der Waals surface area contributed by atoms with Gasteiger partial charge in [-0.3, -0.25) is 0 Å². The van der Waals surface area contributed by atoms with Crippen molar-refractivity contribution in [2.75, 3.05) is 0 Å². The highest BCUT2D eigenvalue weighted by molar-refractivity contribution is 6.11. The van der Waals surface area contributed by atoms with E-state index in [1.165, 1.54) is 38.8 Å². The van der Waals surface area contributed by atoms with Crippen LogP contribution < -0.4 is 0 Å².